The summed E-state index contributed by atoms with van der Waals surface area (Å²) in [7, 11) is 0. The van der Waals surface area contributed by atoms with Crippen LogP contribution >= 0.6 is 28.1 Å². The van der Waals surface area contributed by atoms with Gasteiger partial charge in [-0.25, -0.2) is 4.39 Å². The van der Waals surface area contributed by atoms with Crippen LogP contribution in [0.2, 0.25) is 0 Å². The molecule has 2 aromatic rings. The summed E-state index contributed by atoms with van der Waals surface area (Å²) in [5, 5.41) is 2.27. The third-order valence-corrected chi connectivity index (χ3v) is 3.77. The highest BCUT2D eigenvalue weighted by Crippen LogP contribution is 2.15. The molecule has 0 saturated carbocycles. The molecule has 0 heterocycles. The largest absolute Gasteiger partial charge is 0.484 e. The zero-order valence-electron chi connectivity index (χ0n) is 13.9. The van der Waals surface area contributed by atoms with E-state index in [0.717, 1.165) is 4.47 Å². The number of carbonyl (C=O) groups is 2. The number of thiocarbonyl (C=S) groups is 1. The summed E-state index contributed by atoms with van der Waals surface area (Å²) in [6, 6.07) is 12.6. The molecule has 9 heteroatoms. The molecule has 0 atom stereocenters. The van der Waals surface area contributed by atoms with Crippen LogP contribution in [0, 0.1) is 5.82 Å². The van der Waals surface area contributed by atoms with E-state index in [2.05, 4.69) is 32.1 Å². The average Bonchev–Trinajstić information content (AvgIpc) is 2.65. The first-order valence-corrected chi connectivity index (χ1v) is 8.84. The first kappa shape index (κ1) is 20.5. The van der Waals surface area contributed by atoms with Gasteiger partial charge in [0.15, 0.2) is 11.7 Å². The number of hydrogen-bond acceptors (Lipinski definition) is 4. The molecule has 2 rings (SSSR count). The molecule has 0 bridgehead atoms. The predicted octanol–water partition coefficient (Wildman–Crippen LogP) is 2.70. The third-order valence-electron chi connectivity index (χ3n) is 3.03. The smallest absolute Gasteiger partial charge is 0.276 e. The van der Waals surface area contributed by atoms with Crippen LogP contribution in [-0.4, -0.2) is 23.5 Å². The molecule has 0 aliphatic rings. The lowest BCUT2D eigenvalue weighted by atomic mass is 10.2. The number of benzene rings is 2. The molecule has 6 nitrogen and oxygen atoms in total. The summed E-state index contributed by atoms with van der Waals surface area (Å²) in [5.74, 6) is -0.800. The third kappa shape index (κ3) is 7.97. The Bertz CT molecular complexity index is 842. The van der Waals surface area contributed by atoms with E-state index in [1.54, 1.807) is 24.3 Å². The fraction of sp³-hybridized carbons (Fsp3) is 0.0556. The van der Waals surface area contributed by atoms with Gasteiger partial charge in [0.2, 0.25) is 5.91 Å². The summed E-state index contributed by atoms with van der Waals surface area (Å²) < 4.78 is 19.0. The van der Waals surface area contributed by atoms with Gasteiger partial charge in [-0.1, -0.05) is 28.1 Å². The van der Waals surface area contributed by atoms with E-state index in [4.69, 9.17) is 17.0 Å². The molecule has 3 N–H and O–H groups in total. The Hall–Kier alpha value is -2.78. The van der Waals surface area contributed by atoms with Crippen LogP contribution in [0.3, 0.4) is 0 Å². The maximum Gasteiger partial charge on any atom is 0.276 e. The van der Waals surface area contributed by atoms with E-state index in [1.165, 1.54) is 36.4 Å². The van der Waals surface area contributed by atoms with Gasteiger partial charge in [0, 0.05) is 10.5 Å². The Morgan fingerprint density at radius 1 is 1.07 bits per heavy atom. The number of nitrogens with one attached hydrogen (secondary N) is 3. The van der Waals surface area contributed by atoms with Crippen molar-refractivity contribution in [3.05, 3.63) is 70.5 Å². The van der Waals surface area contributed by atoms with E-state index >= 15 is 0 Å². The van der Waals surface area contributed by atoms with Gasteiger partial charge in [-0.3, -0.25) is 25.8 Å². The predicted molar refractivity (Wildman–Crippen MR) is 107 cm³/mol. The van der Waals surface area contributed by atoms with Crippen molar-refractivity contribution in [3.63, 3.8) is 0 Å². The van der Waals surface area contributed by atoms with Crippen molar-refractivity contribution < 1.29 is 18.7 Å². The molecule has 0 aromatic heterocycles. The molecule has 2 amide bonds. The van der Waals surface area contributed by atoms with Gasteiger partial charge >= 0.3 is 0 Å². The molecule has 0 aliphatic heterocycles. The Kier molecular flexibility index (Phi) is 7.90. The normalized spacial score (nSPS) is 10.3. The van der Waals surface area contributed by atoms with Crippen LogP contribution in [0.15, 0.2) is 59.1 Å². The second-order valence-electron chi connectivity index (χ2n) is 5.12. The van der Waals surface area contributed by atoms with Gasteiger partial charge in [0.25, 0.3) is 5.91 Å². The Morgan fingerprint density at radius 3 is 2.41 bits per heavy atom. The van der Waals surface area contributed by atoms with Crippen molar-refractivity contribution in [1.82, 2.24) is 16.2 Å². The summed E-state index contributed by atoms with van der Waals surface area (Å²) in [6.45, 7) is -0.227. The minimum absolute atomic E-state index is 0.0826. The van der Waals surface area contributed by atoms with Crippen molar-refractivity contribution in [2.45, 2.75) is 0 Å². The standard InChI is InChI=1S/C18H15BrFN3O3S/c19-13-4-8-15(9-5-13)26-11-17(25)22-23-18(27)21-16(24)10-3-12-1-6-14(20)7-2-12/h1-10H,11H2,(H,22,25)(H2,21,23,24,27)/b10-3+. The quantitative estimate of drug-likeness (QED) is 0.370. The number of amides is 2. The zero-order chi connectivity index (χ0) is 19.6. The minimum atomic E-state index is -0.503. The number of halogens is 2. The number of hydrazine groups is 1. The maximum atomic E-state index is 12.8. The molecule has 0 fully saturated rings. The molecule has 0 radical (unpaired) electrons. The maximum absolute atomic E-state index is 12.8. The van der Waals surface area contributed by atoms with Gasteiger partial charge in [0.05, 0.1) is 0 Å². The van der Waals surface area contributed by atoms with Gasteiger partial charge in [-0.05, 0) is 60.3 Å². The molecule has 140 valence electrons. The molecule has 27 heavy (non-hydrogen) atoms. The van der Waals surface area contributed by atoms with E-state index in [-0.39, 0.29) is 17.5 Å². The molecule has 0 spiro atoms. The summed E-state index contributed by atoms with van der Waals surface area (Å²) in [4.78, 5) is 23.4. The molecule has 0 unspecified atom stereocenters. The monoisotopic (exact) mass is 451 g/mol. The van der Waals surface area contributed by atoms with Crippen LogP contribution in [0.25, 0.3) is 6.08 Å². The van der Waals surface area contributed by atoms with Crippen molar-refractivity contribution in [2.24, 2.45) is 0 Å². The molecule has 0 saturated heterocycles. The van der Waals surface area contributed by atoms with Crippen molar-refractivity contribution >= 4 is 51.2 Å². The fourth-order valence-corrected chi connectivity index (χ4v) is 2.19. The zero-order valence-corrected chi connectivity index (χ0v) is 16.3. The van der Waals surface area contributed by atoms with Crippen molar-refractivity contribution in [1.29, 1.82) is 0 Å². The molecular weight excluding hydrogens is 437 g/mol. The number of carbonyl (C=O) groups excluding carboxylic acids is 2. The highest BCUT2D eigenvalue weighted by atomic mass is 79.9. The summed E-state index contributed by atoms with van der Waals surface area (Å²) >= 11 is 8.20. The van der Waals surface area contributed by atoms with Crippen LogP contribution in [0.1, 0.15) is 5.56 Å². The lowest BCUT2D eigenvalue weighted by Gasteiger charge is -2.10. The molecule has 2 aromatic carbocycles. The van der Waals surface area contributed by atoms with Crippen molar-refractivity contribution in [3.8, 4) is 5.75 Å². The Morgan fingerprint density at radius 2 is 1.74 bits per heavy atom. The minimum Gasteiger partial charge on any atom is -0.484 e. The van der Waals surface area contributed by atoms with Crippen LogP contribution in [-0.2, 0) is 9.59 Å². The number of ether oxygens (including phenoxy) is 1. The van der Waals surface area contributed by atoms with E-state index in [0.29, 0.717) is 11.3 Å². The second-order valence-corrected chi connectivity index (χ2v) is 6.44. The highest BCUT2D eigenvalue weighted by molar-refractivity contribution is 9.10. The van der Waals surface area contributed by atoms with Crippen LogP contribution in [0.5, 0.6) is 5.75 Å². The first-order valence-electron chi connectivity index (χ1n) is 7.64. The second kappa shape index (κ2) is 10.4. The van der Waals surface area contributed by atoms with Crippen molar-refractivity contribution in [2.75, 3.05) is 6.61 Å². The SMILES string of the molecule is O=C(/C=C/c1ccc(F)cc1)NC(=S)NNC(=O)COc1ccc(Br)cc1. The number of rotatable bonds is 5. The van der Waals surface area contributed by atoms with E-state index in [1.807, 2.05) is 0 Å². The van der Waals surface area contributed by atoms with Gasteiger partial charge in [-0.15, -0.1) is 0 Å². The lowest BCUT2D eigenvalue weighted by Crippen LogP contribution is -2.49. The lowest BCUT2D eigenvalue weighted by molar-refractivity contribution is -0.123. The highest BCUT2D eigenvalue weighted by Gasteiger charge is 2.05. The average molecular weight is 452 g/mol. The topological polar surface area (TPSA) is 79.5 Å². The van der Waals surface area contributed by atoms with Crippen LogP contribution in [0.4, 0.5) is 4.39 Å². The Labute approximate surface area is 168 Å². The molecule has 0 aliphatic carbocycles. The van der Waals surface area contributed by atoms with Gasteiger partial charge < -0.3 is 4.74 Å². The first-order chi connectivity index (χ1) is 12.9. The van der Waals surface area contributed by atoms with Crippen LogP contribution < -0.4 is 20.9 Å². The van der Waals surface area contributed by atoms with E-state index < -0.39 is 11.8 Å². The van der Waals surface area contributed by atoms with E-state index in [9.17, 15) is 14.0 Å². The van der Waals surface area contributed by atoms with Gasteiger partial charge in [0.1, 0.15) is 11.6 Å². The van der Waals surface area contributed by atoms with Gasteiger partial charge in [-0.2, -0.15) is 0 Å². The Balaban J connectivity index is 1.68. The summed E-state index contributed by atoms with van der Waals surface area (Å²) in [6.07, 6.45) is 2.74. The molecular formula is C18H15BrFN3O3S. The number of hydrogen-bond donors (Lipinski definition) is 3. The summed E-state index contributed by atoms with van der Waals surface area (Å²) in [5.41, 5.74) is 5.35. The fourth-order valence-electron chi connectivity index (χ4n) is 1.77.